The molecule has 1 N–H and O–H groups in total. The van der Waals surface area contributed by atoms with Crippen LogP contribution in [0.2, 0.25) is 0 Å². The Morgan fingerprint density at radius 3 is 2.73 bits per heavy atom. The van der Waals surface area contributed by atoms with Crippen molar-refractivity contribution in [3.8, 4) is 0 Å². The smallest absolute Gasteiger partial charge is 0.0474 e. The zero-order valence-electron chi connectivity index (χ0n) is 10.5. The van der Waals surface area contributed by atoms with E-state index in [2.05, 4.69) is 24.1 Å². The molecule has 3 nitrogen and oxygen atoms in total. The summed E-state index contributed by atoms with van der Waals surface area (Å²) in [6.07, 6.45) is 3.92. The van der Waals surface area contributed by atoms with Gasteiger partial charge in [-0.25, -0.2) is 0 Å². The Morgan fingerprint density at radius 1 is 1.47 bits per heavy atom. The maximum Gasteiger partial charge on any atom is 0.0474 e. The van der Waals surface area contributed by atoms with Crippen molar-refractivity contribution in [3.05, 3.63) is 0 Å². The Morgan fingerprint density at radius 2 is 2.20 bits per heavy atom. The van der Waals surface area contributed by atoms with Crippen molar-refractivity contribution in [2.45, 2.75) is 45.2 Å². The lowest BCUT2D eigenvalue weighted by molar-refractivity contribution is 0.187. The highest BCUT2D eigenvalue weighted by Gasteiger charge is 2.30. The third-order valence-electron chi connectivity index (χ3n) is 3.09. The summed E-state index contributed by atoms with van der Waals surface area (Å²) >= 11 is 0. The summed E-state index contributed by atoms with van der Waals surface area (Å²) in [4.78, 5) is 2.61. The van der Waals surface area contributed by atoms with E-state index in [-0.39, 0.29) is 0 Å². The van der Waals surface area contributed by atoms with E-state index in [9.17, 15) is 0 Å². The van der Waals surface area contributed by atoms with Gasteiger partial charge in [-0.2, -0.15) is 0 Å². The molecule has 0 bridgehead atoms. The maximum atomic E-state index is 5.02. The van der Waals surface area contributed by atoms with Gasteiger partial charge >= 0.3 is 0 Å². The Hall–Kier alpha value is -0.120. The molecule has 0 heterocycles. The first-order valence-electron chi connectivity index (χ1n) is 6.25. The Bertz CT molecular complexity index is 160. The second-order valence-electron chi connectivity index (χ2n) is 4.46. The van der Waals surface area contributed by atoms with Crippen LogP contribution >= 0.6 is 0 Å². The van der Waals surface area contributed by atoms with Gasteiger partial charge in [-0.3, -0.25) is 4.90 Å². The van der Waals surface area contributed by atoms with Crippen LogP contribution in [-0.4, -0.2) is 50.3 Å². The summed E-state index contributed by atoms with van der Waals surface area (Å²) in [7, 11) is 1.76. The highest BCUT2D eigenvalue weighted by molar-refractivity contribution is 4.87. The van der Waals surface area contributed by atoms with Gasteiger partial charge in [0.15, 0.2) is 0 Å². The first kappa shape index (κ1) is 12.9. The summed E-state index contributed by atoms with van der Waals surface area (Å²) < 4.78 is 5.02. The summed E-state index contributed by atoms with van der Waals surface area (Å²) in [5.74, 6) is 0. The predicted molar refractivity (Wildman–Crippen MR) is 64.2 cm³/mol. The molecule has 1 unspecified atom stereocenters. The molecule has 0 aliphatic heterocycles. The Kier molecular flexibility index (Phi) is 6.22. The Balaban J connectivity index is 2.03. The van der Waals surface area contributed by atoms with Crippen molar-refractivity contribution in [1.29, 1.82) is 0 Å². The van der Waals surface area contributed by atoms with E-state index in [1.807, 2.05) is 0 Å². The van der Waals surface area contributed by atoms with Gasteiger partial charge in [0.25, 0.3) is 0 Å². The zero-order valence-corrected chi connectivity index (χ0v) is 10.5. The summed E-state index contributed by atoms with van der Waals surface area (Å²) in [5.41, 5.74) is 0. The SMILES string of the molecule is CCN(C(C)CNCCCOC)C1CC1. The Labute approximate surface area is 94.2 Å². The summed E-state index contributed by atoms with van der Waals surface area (Å²) in [5, 5.41) is 3.50. The van der Waals surface area contributed by atoms with E-state index in [1.54, 1.807) is 7.11 Å². The van der Waals surface area contributed by atoms with Gasteiger partial charge < -0.3 is 10.1 Å². The second-order valence-corrected chi connectivity index (χ2v) is 4.46. The van der Waals surface area contributed by atoms with Gasteiger partial charge in [0.2, 0.25) is 0 Å². The quantitative estimate of drug-likeness (QED) is 0.589. The molecule has 1 aliphatic carbocycles. The van der Waals surface area contributed by atoms with E-state index in [1.165, 1.54) is 19.4 Å². The number of likely N-dealkylation sites (N-methyl/N-ethyl adjacent to an activating group) is 1. The minimum Gasteiger partial charge on any atom is -0.385 e. The molecule has 1 rings (SSSR count). The number of rotatable bonds is 9. The molecule has 1 saturated carbocycles. The topological polar surface area (TPSA) is 24.5 Å². The molecular formula is C12H26N2O. The normalized spacial score (nSPS) is 18.4. The van der Waals surface area contributed by atoms with Gasteiger partial charge in [0, 0.05) is 32.3 Å². The molecule has 0 amide bonds. The van der Waals surface area contributed by atoms with Gasteiger partial charge in [0.05, 0.1) is 0 Å². The average Bonchev–Trinajstić information content (AvgIpc) is 3.03. The molecule has 0 aromatic carbocycles. The van der Waals surface area contributed by atoms with Crippen LogP contribution in [0.15, 0.2) is 0 Å². The van der Waals surface area contributed by atoms with Crippen LogP contribution in [0.4, 0.5) is 0 Å². The molecule has 0 aromatic heterocycles. The number of ether oxygens (including phenoxy) is 1. The first-order chi connectivity index (χ1) is 7.29. The molecular weight excluding hydrogens is 188 g/mol. The van der Waals surface area contributed by atoms with Gasteiger partial charge in [-0.05, 0) is 39.3 Å². The first-order valence-corrected chi connectivity index (χ1v) is 6.25. The fourth-order valence-electron chi connectivity index (χ4n) is 2.11. The molecule has 0 spiro atoms. The van der Waals surface area contributed by atoms with Crippen molar-refractivity contribution in [3.63, 3.8) is 0 Å². The molecule has 1 atom stereocenters. The van der Waals surface area contributed by atoms with E-state index in [4.69, 9.17) is 4.74 Å². The van der Waals surface area contributed by atoms with E-state index < -0.39 is 0 Å². The van der Waals surface area contributed by atoms with Crippen molar-refractivity contribution in [2.24, 2.45) is 0 Å². The standard InChI is InChI=1S/C12H26N2O/c1-4-14(12-6-7-12)11(2)10-13-8-5-9-15-3/h11-13H,4-10H2,1-3H3. The second kappa shape index (κ2) is 7.20. The number of hydrogen-bond donors (Lipinski definition) is 1. The molecule has 0 radical (unpaired) electrons. The highest BCUT2D eigenvalue weighted by atomic mass is 16.5. The molecule has 1 aliphatic rings. The van der Waals surface area contributed by atoms with Crippen LogP contribution in [0.1, 0.15) is 33.1 Å². The number of nitrogens with zero attached hydrogens (tertiary/aromatic N) is 1. The molecule has 1 fully saturated rings. The predicted octanol–water partition coefficient (Wildman–Crippen LogP) is 1.49. The molecule has 0 saturated heterocycles. The molecule has 15 heavy (non-hydrogen) atoms. The number of nitrogens with one attached hydrogen (secondary N) is 1. The van der Waals surface area contributed by atoms with E-state index >= 15 is 0 Å². The van der Waals surface area contributed by atoms with Crippen molar-refractivity contribution in [1.82, 2.24) is 10.2 Å². The highest BCUT2D eigenvalue weighted by Crippen LogP contribution is 2.27. The maximum absolute atomic E-state index is 5.02. The average molecular weight is 214 g/mol. The summed E-state index contributed by atoms with van der Waals surface area (Å²) in [6, 6.07) is 1.55. The third kappa shape index (κ3) is 4.96. The van der Waals surface area contributed by atoms with Crippen LogP contribution in [0.5, 0.6) is 0 Å². The fraction of sp³-hybridized carbons (Fsp3) is 1.00. The van der Waals surface area contributed by atoms with E-state index in [0.29, 0.717) is 6.04 Å². The fourth-order valence-corrected chi connectivity index (χ4v) is 2.11. The lowest BCUT2D eigenvalue weighted by Crippen LogP contribution is -2.41. The largest absolute Gasteiger partial charge is 0.385 e. The van der Waals surface area contributed by atoms with Crippen molar-refractivity contribution >= 4 is 0 Å². The zero-order chi connectivity index (χ0) is 11.1. The summed E-state index contributed by atoms with van der Waals surface area (Å²) in [6.45, 7) is 8.81. The van der Waals surface area contributed by atoms with Crippen LogP contribution in [0.25, 0.3) is 0 Å². The van der Waals surface area contributed by atoms with Crippen LogP contribution in [0.3, 0.4) is 0 Å². The number of methoxy groups -OCH3 is 1. The minimum absolute atomic E-state index is 0.671. The monoisotopic (exact) mass is 214 g/mol. The minimum atomic E-state index is 0.671. The molecule has 3 heteroatoms. The molecule has 0 aromatic rings. The van der Waals surface area contributed by atoms with Crippen molar-refractivity contribution in [2.75, 3.05) is 33.4 Å². The molecule has 90 valence electrons. The van der Waals surface area contributed by atoms with Crippen LogP contribution in [-0.2, 0) is 4.74 Å². The van der Waals surface area contributed by atoms with Crippen molar-refractivity contribution < 1.29 is 4.74 Å². The van der Waals surface area contributed by atoms with E-state index in [0.717, 1.165) is 32.2 Å². The lowest BCUT2D eigenvalue weighted by Gasteiger charge is -2.28. The van der Waals surface area contributed by atoms with Gasteiger partial charge in [-0.1, -0.05) is 6.92 Å². The van der Waals surface area contributed by atoms with Gasteiger partial charge in [-0.15, -0.1) is 0 Å². The van der Waals surface area contributed by atoms with Gasteiger partial charge in [0.1, 0.15) is 0 Å². The lowest BCUT2D eigenvalue weighted by atomic mass is 10.2. The van der Waals surface area contributed by atoms with Crippen LogP contribution in [0, 0.1) is 0 Å². The third-order valence-corrected chi connectivity index (χ3v) is 3.09. The van der Waals surface area contributed by atoms with Crippen LogP contribution < -0.4 is 5.32 Å². The number of hydrogen-bond acceptors (Lipinski definition) is 3.